The van der Waals surface area contributed by atoms with Crippen molar-refractivity contribution in [1.29, 1.82) is 0 Å². The molecule has 1 atom stereocenters. The van der Waals surface area contributed by atoms with Gasteiger partial charge in [0, 0.05) is 32.3 Å². The smallest absolute Gasteiger partial charge is 0.378 e. The van der Waals surface area contributed by atoms with Crippen molar-refractivity contribution in [1.82, 2.24) is 19.9 Å². The zero-order valence-corrected chi connectivity index (χ0v) is 14.9. The Kier molecular flexibility index (Phi) is 3.90. The average Bonchev–Trinajstić information content (AvgIpc) is 3.19. The summed E-state index contributed by atoms with van der Waals surface area (Å²) in [6.07, 6.45) is -2.55. The summed E-state index contributed by atoms with van der Waals surface area (Å²) >= 11 is 0. The van der Waals surface area contributed by atoms with Gasteiger partial charge in [0.25, 0.3) is 5.91 Å². The highest BCUT2D eigenvalue weighted by atomic mass is 19.4. The Hall–Kier alpha value is -2.33. The van der Waals surface area contributed by atoms with E-state index in [1.807, 2.05) is 0 Å². The summed E-state index contributed by atoms with van der Waals surface area (Å²) in [4.78, 5) is 29.5. The lowest BCUT2D eigenvalue weighted by Crippen LogP contribution is -2.45. The van der Waals surface area contributed by atoms with E-state index in [1.54, 1.807) is 6.92 Å². The minimum absolute atomic E-state index is 0.154. The van der Waals surface area contributed by atoms with Gasteiger partial charge in [-0.25, -0.2) is 5.01 Å². The number of carbonyl (C=O) groups excluding carboxylic acids is 1. The molecular weight excluding hydrogens is 365 g/mol. The Balaban J connectivity index is 1.79. The summed E-state index contributed by atoms with van der Waals surface area (Å²) in [5.41, 5.74) is 0.688. The van der Waals surface area contributed by atoms with Crippen molar-refractivity contribution in [3.63, 3.8) is 0 Å². The molecule has 1 spiro atoms. The van der Waals surface area contributed by atoms with Crippen LogP contribution in [0.1, 0.15) is 28.0 Å². The van der Waals surface area contributed by atoms with E-state index in [2.05, 4.69) is 4.98 Å². The van der Waals surface area contributed by atoms with Crippen LogP contribution in [0.2, 0.25) is 0 Å². The van der Waals surface area contributed by atoms with Crippen molar-refractivity contribution in [2.75, 3.05) is 33.4 Å². The zero-order chi connectivity index (χ0) is 19.6. The van der Waals surface area contributed by atoms with Gasteiger partial charge in [0.1, 0.15) is 12.1 Å². The van der Waals surface area contributed by atoms with Crippen LogP contribution in [-0.2, 0) is 10.3 Å². The quantitative estimate of drug-likeness (QED) is 0.833. The molecule has 0 aromatic carbocycles. The highest BCUT2D eigenvalue weighted by molar-refractivity contribution is 6.02. The number of carbonyl (C=O) groups is 1. The Labute approximate surface area is 153 Å². The number of rotatable bonds is 2. The lowest BCUT2D eigenvalue weighted by atomic mass is 9.92. The van der Waals surface area contributed by atoms with Gasteiger partial charge in [-0.2, -0.15) is 13.2 Å². The van der Waals surface area contributed by atoms with Crippen LogP contribution in [0.3, 0.4) is 0 Å². The summed E-state index contributed by atoms with van der Waals surface area (Å²) < 4.78 is 44.0. The fourth-order valence-corrected chi connectivity index (χ4v) is 4.18. The molecule has 4 heterocycles. The number of nitrogens with zero attached hydrogens (tertiary/aromatic N) is 3. The predicted octanol–water partition coefficient (Wildman–Crippen LogP) is 1.32. The third-order valence-corrected chi connectivity index (χ3v) is 5.31. The van der Waals surface area contributed by atoms with E-state index in [0.29, 0.717) is 35.5 Å². The first kappa shape index (κ1) is 18.1. The predicted molar refractivity (Wildman–Crippen MR) is 88.6 cm³/mol. The van der Waals surface area contributed by atoms with E-state index < -0.39 is 18.3 Å². The average molecular weight is 384 g/mol. The lowest BCUT2D eigenvalue weighted by Gasteiger charge is -2.34. The molecule has 0 bridgehead atoms. The van der Waals surface area contributed by atoms with Crippen LogP contribution in [0.4, 0.5) is 13.2 Å². The van der Waals surface area contributed by atoms with Crippen molar-refractivity contribution in [2.24, 2.45) is 0 Å². The molecule has 1 amide bonds. The van der Waals surface area contributed by atoms with Gasteiger partial charge < -0.3 is 14.7 Å². The summed E-state index contributed by atoms with van der Waals surface area (Å²) in [5, 5.41) is 2.46. The van der Waals surface area contributed by atoms with Crippen molar-refractivity contribution in [3.8, 4) is 0 Å². The largest absolute Gasteiger partial charge is 0.407 e. The molecule has 1 fully saturated rings. The standard InChI is InChI=1S/C17H19F3N4O3/c1-10-5-12(25)21-14-13(10)15(26)24(16(14)3-4-27-9-16)11-6-22(2)23(7-11)8-17(18,19)20/h5,7H,3-4,6,8-9H2,1-2H3,(H,21,25). The number of hydrazine groups is 1. The van der Waals surface area contributed by atoms with E-state index in [1.165, 1.54) is 29.2 Å². The monoisotopic (exact) mass is 384 g/mol. The minimum atomic E-state index is -4.37. The first-order valence-corrected chi connectivity index (χ1v) is 8.54. The van der Waals surface area contributed by atoms with Gasteiger partial charge in [-0.05, 0) is 12.5 Å². The number of likely N-dealkylation sites (N-methyl/N-ethyl adjacent to an activating group) is 1. The highest BCUT2D eigenvalue weighted by Crippen LogP contribution is 2.47. The van der Waals surface area contributed by atoms with Crippen molar-refractivity contribution in [2.45, 2.75) is 25.1 Å². The molecule has 1 saturated heterocycles. The number of fused-ring (bicyclic) bond motifs is 2. The van der Waals surface area contributed by atoms with E-state index in [-0.39, 0.29) is 24.6 Å². The second kappa shape index (κ2) is 5.83. The minimum Gasteiger partial charge on any atom is -0.378 e. The number of amides is 1. The molecule has 1 unspecified atom stereocenters. The second-order valence-corrected chi connectivity index (χ2v) is 7.19. The molecule has 1 aromatic rings. The molecule has 27 heavy (non-hydrogen) atoms. The molecule has 4 rings (SSSR count). The molecule has 1 aromatic heterocycles. The number of ether oxygens (including phenoxy) is 1. The first-order chi connectivity index (χ1) is 12.6. The Morgan fingerprint density at radius 1 is 1.33 bits per heavy atom. The number of pyridine rings is 1. The molecular formula is C17H19F3N4O3. The molecule has 3 aliphatic heterocycles. The molecule has 10 heteroatoms. The van der Waals surface area contributed by atoms with E-state index in [4.69, 9.17) is 4.74 Å². The van der Waals surface area contributed by atoms with Crippen LogP contribution in [0.5, 0.6) is 0 Å². The number of hydrogen-bond donors (Lipinski definition) is 1. The van der Waals surface area contributed by atoms with E-state index >= 15 is 0 Å². The maximum Gasteiger partial charge on any atom is 0.407 e. The number of hydrogen-bond acceptors (Lipinski definition) is 5. The van der Waals surface area contributed by atoms with Crippen molar-refractivity contribution in [3.05, 3.63) is 45.1 Å². The Bertz CT molecular complexity index is 886. The van der Waals surface area contributed by atoms with Crippen molar-refractivity contribution >= 4 is 5.91 Å². The maximum atomic E-state index is 13.2. The molecule has 7 nitrogen and oxygen atoms in total. The molecule has 0 aliphatic carbocycles. The second-order valence-electron chi connectivity index (χ2n) is 7.19. The zero-order valence-electron chi connectivity index (χ0n) is 14.9. The number of aryl methyl sites for hydroxylation is 1. The van der Waals surface area contributed by atoms with Crippen LogP contribution in [0, 0.1) is 6.92 Å². The van der Waals surface area contributed by atoms with Crippen LogP contribution in [-0.4, -0.2) is 65.3 Å². The van der Waals surface area contributed by atoms with Gasteiger partial charge >= 0.3 is 6.18 Å². The molecule has 146 valence electrons. The maximum absolute atomic E-state index is 13.2. The van der Waals surface area contributed by atoms with E-state index in [9.17, 15) is 22.8 Å². The molecule has 0 radical (unpaired) electrons. The highest BCUT2D eigenvalue weighted by Gasteiger charge is 2.55. The molecule has 1 N–H and O–H groups in total. The van der Waals surface area contributed by atoms with Crippen LogP contribution in [0.25, 0.3) is 0 Å². The fraction of sp³-hybridized carbons (Fsp3) is 0.529. The number of halogens is 3. The van der Waals surface area contributed by atoms with Crippen LogP contribution < -0.4 is 5.56 Å². The normalized spacial score (nSPS) is 25.7. The third kappa shape index (κ3) is 2.74. The van der Waals surface area contributed by atoms with E-state index in [0.717, 1.165) is 5.01 Å². The SMILES string of the molecule is Cc1cc(=O)[nH]c2c1C(=O)N(C1=CN(CC(F)(F)F)N(C)C1)C21CCOC1. The molecule has 3 aliphatic rings. The topological polar surface area (TPSA) is 68.9 Å². The number of H-pyrrole nitrogens is 1. The fourth-order valence-electron chi connectivity index (χ4n) is 4.18. The Morgan fingerprint density at radius 2 is 2.07 bits per heavy atom. The van der Waals surface area contributed by atoms with Gasteiger partial charge in [0.2, 0.25) is 5.56 Å². The molecule has 0 saturated carbocycles. The summed E-state index contributed by atoms with van der Waals surface area (Å²) in [6.45, 7) is 1.28. The summed E-state index contributed by atoms with van der Waals surface area (Å²) in [6, 6.07) is 1.36. The van der Waals surface area contributed by atoms with Crippen molar-refractivity contribution < 1.29 is 22.7 Å². The van der Waals surface area contributed by atoms with Gasteiger partial charge in [-0.1, -0.05) is 0 Å². The number of nitrogens with one attached hydrogen (secondary N) is 1. The summed E-state index contributed by atoms with van der Waals surface area (Å²) in [5.74, 6) is -0.322. The Morgan fingerprint density at radius 3 is 2.70 bits per heavy atom. The number of aromatic amines is 1. The first-order valence-electron chi connectivity index (χ1n) is 8.54. The van der Waals surface area contributed by atoms with Crippen LogP contribution >= 0.6 is 0 Å². The van der Waals surface area contributed by atoms with Crippen LogP contribution in [0.15, 0.2) is 22.8 Å². The van der Waals surface area contributed by atoms with Gasteiger partial charge in [0.05, 0.1) is 30.1 Å². The van der Waals surface area contributed by atoms with Gasteiger partial charge in [-0.15, -0.1) is 0 Å². The summed E-state index contributed by atoms with van der Waals surface area (Å²) in [7, 11) is 1.54. The lowest BCUT2D eigenvalue weighted by molar-refractivity contribution is -0.161. The van der Waals surface area contributed by atoms with Gasteiger partial charge in [0.15, 0.2) is 0 Å². The van der Waals surface area contributed by atoms with Gasteiger partial charge in [-0.3, -0.25) is 14.5 Å². The number of aromatic nitrogens is 1. The number of alkyl halides is 3. The third-order valence-electron chi connectivity index (χ3n) is 5.31.